The van der Waals surface area contributed by atoms with Crippen LogP contribution in [0.1, 0.15) is 22.3 Å². The fourth-order valence-electron chi connectivity index (χ4n) is 2.16. The number of rotatable bonds is 7. The summed E-state index contributed by atoms with van der Waals surface area (Å²) in [5.74, 6) is -0.778. The fraction of sp³-hybridized carbons (Fsp3) is 0.222. The molecule has 0 aliphatic carbocycles. The van der Waals surface area contributed by atoms with Crippen LogP contribution in [0.2, 0.25) is 5.02 Å². The third-order valence-electron chi connectivity index (χ3n) is 3.38. The molecule has 2 N–H and O–H groups in total. The van der Waals surface area contributed by atoms with Crippen molar-refractivity contribution in [3.05, 3.63) is 70.5 Å². The minimum absolute atomic E-state index is 0.166. The Balaban J connectivity index is 1.66. The molecule has 2 aromatic rings. The van der Waals surface area contributed by atoms with Crippen molar-refractivity contribution in [2.45, 2.75) is 12.8 Å². The Morgan fingerprint density at radius 3 is 2.54 bits per heavy atom. The van der Waals surface area contributed by atoms with Gasteiger partial charge in [-0.3, -0.25) is 9.59 Å². The van der Waals surface area contributed by atoms with Crippen molar-refractivity contribution in [2.75, 3.05) is 13.1 Å². The highest BCUT2D eigenvalue weighted by Crippen LogP contribution is 2.14. The molecule has 2 aromatic carbocycles. The largest absolute Gasteiger partial charge is 0.356 e. The number of nitrogens with one attached hydrogen (secondary N) is 2. The molecule has 0 aliphatic heterocycles. The van der Waals surface area contributed by atoms with Gasteiger partial charge in [0.05, 0.1) is 10.6 Å². The number of carbonyl (C=O) groups excluding carboxylic acids is 2. The van der Waals surface area contributed by atoms with E-state index >= 15 is 0 Å². The smallest absolute Gasteiger partial charge is 0.252 e. The van der Waals surface area contributed by atoms with Crippen LogP contribution in [0.15, 0.2) is 48.5 Å². The Morgan fingerprint density at radius 1 is 1.00 bits per heavy atom. The zero-order valence-electron chi connectivity index (χ0n) is 13.0. The van der Waals surface area contributed by atoms with Gasteiger partial charge in [0, 0.05) is 19.5 Å². The van der Waals surface area contributed by atoms with Gasteiger partial charge >= 0.3 is 0 Å². The zero-order chi connectivity index (χ0) is 17.4. The number of hydrogen-bond acceptors (Lipinski definition) is 2. The maximum Gasteiger partial charge on any atom is 0.252 e. The number of hydrogen-bond donors (Lipinski definition) is 2. The Morgan fingerprint density at radius 2 is 1.79 bits per heavy atom. The summed E-state index contributed by atoms with van der Waals surface area (Å²) in [6.45, 7) is 0.636. The van der Waals surface area contributed by atoms with Crippen LogP contribution >= 0.6 is 11.6 Å². The second kappa shape index (κ2) is 9.03. The second-order valence-electron chi connectivity index (χ2n) is 5.22. The standard InChI is InChI=1S/C18H18ClFN2O2/c19-16-7-2-1-6-15(16)18(24)22-11-9-17(23)21-10-8-13-4-3-5-14(20)12-13/h1-7,12H,8-11H2,(H,21,23)(H,22,24). The van der Waals surface area contributed by atoms with Crippen LogP contribution in [-0.2, 0) is 11.2 Å². The summed E-state index contributed by atoms with van der Waals surface area (Å²) in [6.07, 6.45) is 0.717. The lowest BCUT2D eigenvalue weighted by Crippen LogP contribution is -2.31. The quantitative estimate of drug-likeness (QED) is 0.808. The first-order chi connectivity index (χ1) is 11.6. The van der Waals surface area contributed by atoms with E-state index in [9.17, 15) is 14.0 Å². The van der Waals surface area contributed by atoms with Crippen LogP contribution in [0.4, 0.5) is 4.39 Å². The Bertz CT molecular complexity index is 722. The lowest BCUT2D eigenvalue weighted by Gasteiger charge is -2.08. The lowest BCUT2D eigenvalue weighted by atomic mass is 10.1. The van der Waals surface area contributed by atoms with E-state index in [-0.39, 0.29) is 30.6 Å². The Hall–Kier alpha value is -2.40. The van der Waals surface area contributed by atoms with E-state index < -0.39 is 0 Å². The average molecular weight is 349 g/mol. The monoisotopic (exact) mass is 348 g/mol. The summed E-state index contributed by atoms with van der Waals surface area (Å²) in [5, 5.41) is 5.76. The molecule has 0 unspecified atom stereocenters. The van der Waals surface area contributed by atoms with E-state index in [1.807, 2.05) is 0 Å². The number of amides is 2. The summed E-state index contributed by atoms with van der Waals surface area (Å²) in [7, 11) is 0. The van der Waals surface area contributed by atoms with Gasteiger partial charge in [0.1, 0.15) is 5.82 Å². The van der Waals surface area contributed by atoms with Crippen molar-refractivity contribution < 1.29 is 14.0 Å². The van der Waals surface area contributed by atoms with Crippen LogP contribution in [0, 0.1) is 5.82 Å². The summed E-state index contributed by atoms with van der Waals surface area (Å²) in [5.41, 5.74) is 1.20. The SMILES string of the molecule is O=C(CCNC(=O)c1ccccc1Cl)NCCc1cccc(F)c1. The molecule has 0 saturated carbocycles. The molecule has 4 nitrogen and oxygen atoms in total. The maximum absolute atomic E-state index is 13.0. The van der Waals surface area contributed by atoms with E-state index in [4.69, 9.17) is 11.6 Å². The fourth-order valence-corrected chi connectivity index (χ4v) is 2.38. The van der Waals surface area contributed by atoms with E-state index in [1.54, 1.807) is 36.4 Å². The molecule has 0 aromatic heterocycles. The summed E-state index contributed by atoms with van der Waals surface area (Å²) in [4.78, 5) is 23.6. The van der Waals surface area contributed by atoms with Gasteiger partial charge in [-0.05, 0) is 36.2 Å². The third-order valence-corrected chi connectivity index (χ3v) is 3.71. The molecule has 0 aliphatic rings. The molecule has 0 radical (unpaired) electrons. The first kappa shape index (κ1) is 17.9. The Labute approximate surface area is 145 Å². The number of halogens is 2. The van der Waals surface area contributed by atoms with Crippen molar-refractivity contribution in [1.82, 2.24) is 10.6 Å². The highest BCUT2D eigenvalue weighted by Gasteiger charge is 2.09. The van der Waals surface area contributed by atoms with Crippen LogP contribution < -0.4 is 10.6 Å². The molecule has 2 rings (SSSR count). The summed E-state index contributed by atoms with van der Waals surface area (Å²) in [6, 6.07) is 13.0. The van der Waals surface area contributed by atoms with Crippen molar-refractivity contribution in [2.24, 2.45) is 0 Å². The lowest BCUT2D eigenvalue weighted by molar-refractivity contribution is -0.120. The minimum Gasteiger partial charge on any atom is -0.356 e. The van der Waals surface area contributed by atoms with Crippen molar-refractivity contribution in [3.8, 4) is 0 Å². The van der Waals surface area contributed by atoms with Gasteiger partial charge in [-0.1, -0.05) is 35.9 Å². The van der Waals surface area contributed by atoms with E-state index in [2.05, 4.69) is 10.6 Å². The molecule has 0 atom stereocenters. The van der Waals surface area contributed by atoms with Crippen LogP contribution in [-0.4, -0.2) is 24.9 Å². The van der Waals surface area contributed by atoms with Gasteiger partial charge < -0.3 is 10.6 Å². The summed E-state index contributed by atoms with van der Waals surface area (Å²) < 4.78 is 13.0. The predicted molar refractivity (Wildman–Crippen MR) is 91.5 cm³/mol. The molecule has 24 heavy (non-hydrogen) atoms. The molecular formula is C18H18ClFN2O2. The molecular weight excluding hydrogens is 331 g/mol. The zero-order valence-corrected chi connectivity index (χ0v) is 13.8. The molecule has 0 bridgehead atoms. The molecule has 0 fully saturated rings. The maximum atomic E-state index is 13.0. The highest BCUT2D eigenvalue weighted by atomic mass is 35.5. The molecule has 0 heterocycles. The van der Waals surface area contributed by atoms with Crippen molar-refractivity contribution in [1.29, 1.82) is 0 Å². The average Bonchev–Trinajstić information content (AvgIpc) is 2.55. The third kappa shape index (κ3) is 5.66. The van der Waals surface area contributed by atoms with Gasteiger partial charge in [0.15, 0.2) is 0 Å². The van der Waals surface area contributed by atoms with Crippen LogP contribution in [0.5, 0.6) is 0 Å². The van der Waals surface area contributed by atoms with Gasteiger partial charge in [0.2, 0.25) is 5.91 Å². The van der Waals surface area contributed by atoms with Crippen LogP contribution in [0.25, 0.3) is 0 Å². The highest BCUT2D eigenvalue weighted by molar-refractivity contribution is 6.33. The molecule has 0 saturated heterocycles. The van der Waals surface area contributed by atoms with E-state index in [0.29, 0.717) is 23.6 Å². The summed E-state index contributed by atoms with van der Waals surface area (Å²) >= 11 is 5.93. The van der Waals surface area contributed by atoms with Gasteiger partial charge in [-0.15, -0.1) is 0 Å². The Kier molecular flexibility index (Phi) is 6.75. The minimum atomic E-state index is -0.312. The number of carbonyl (C=O) groups is 2. The molecule has 0 spiro atoms. The van der Waals surface area contributed by atoms with E-state index in [0.717, 1.165) is 5.56 Å². The van der Waals surface area contributed by atoms with Gasteiger partial charge in [-0.25, -0.2) is 4.39 Å². The van der Waals surface area contributed by atoms with Crippen molar-refractivity contribution >= 4 is 23.4 Å². The first-order valence-electron chi connectivity index (χ1n) is 7.60. The number of benzene rings is 2. The van der Waals surface area contributed by atoms with E-state index in [1.165, 1.54) is 12.1 Å². The van der Waals surface area contributed by atoms with Gasteiger partial charge in [-0.2, -0.15) is 0 Å². The second-order valence-corrected chi connectivity index (χ2v) is 5.62. The van der Waals surface area contributed by atoms with Crippen molar-refractivity contribution in [3.63, 3.8) is 0 Å². The van der Waals surface area contributed by atoms with Gasteiger partial charge in [0.25, 0.3) is 5.91 Å². The topological polar surface area (TPSA) is 58.2 Å². The molecule has 6 heteroatoms. The molecule has 2 amide bonds. The molecule has 126 valence electrons. The first-order valence-corrected chi connectivity index (χ1v) is 7.98. The normalized spacial score (nSPS) is 10.2. The predicted octanol–water partition coefficient (Wildman–Crippen LogP) is 2.96. The van der Waals surface area contributed by atoms with Crippen LogP contribution in [0.3, 0.4) is 0 Å².